The molecular weight excluding hydrogens is 456 g/mol. The molecule has 4 aromatic rings. The van der Waals surface area contributed by atoms with Gasteiger partial charge in [-0.15, -0.1) is 0 Å². The molecule has 2 heterocycles. The summed E-state index contributed by atoms with van der Waals surface area (Å²) < 4.78 is 12.3. The second kappa shape index (κ2) is 9.27. The SMILES string of the molecule is CC(C)OC(=O)c1c(C(=O)OC(C)C)c2c3ccccc3cnn2c1C(=O)c1ccc(Cl)cc1. The number of hydrogen-bond donors (Lipinski definition) is 0. The maximum Gasteiger partial charge on any atom is 0.341 e. The van der Waals surface area contributed by atoms with Gasteiger partial charge in [-0.25, -0.2) is 14.1 Å². The van der Waals surface area contributed by atoms with Gasteiger partial charge < -0.3 is 9.47 Å². The zero-order valence-corrected chi connectivity index (χ0v) is 19.9. The summed E-state index contributed by atoms with van der Waals surface area (Å²) in [5.41, 5.74) is 0.270. The molecule has 0 aliphatic carbocycles. The summed E-state index contributed by atoms with van der Waals surface area (Å²) in [5.74, 6) is -2.05. The monoisotopic (exact) mass is 478 g/mol. The molecule has 0 unspecified atom stereocenters. The lowest BCUT2D eigenvalue weighted by molar-refractivity contribution is 0.0330. The number of nitrogens with zero attached hydrogens (tertiary/aromatic N) is 2. The number of carbonyl (C=O) groups excluding carboxylic acids is 3. The third kappa shape index (κ3) is 4.26. The fourth-order valence-corrected chi connectivity index (χ4v) is 3.89. The Morgan fingerprint density at radius 2 is 1.44 bits per heavy atom. The second-order valence-electron chi connectivity index (χ2n) is 8.33. The van der Waals surface area contributed by atoms with Gasteiger partial charge in [0, 0.05) is 21.4 Å². The van der Waals surface area contributed by atoms with Gasteiger partial charge in [0.1, 0.15) is 16.8 Å². The van der Waals surface area contributed by atoms with Crippen molar-refractivity contribution in [2.45, 2.75) is 39.9 Å². The van der Waals surface area contributed by atoms with Gasteiger partial charge in [0.2, 0.25) is 5.78 Å². The van der Waals surface area contributed by atoms with E-state index in [4.69, 9.17) is 21.1 Å². The lowest BCUT2D eigenvalue weighted by Gasteiger charge is -2.12. The van der Waals surface area contributed by atoms with Crippen molar-refractivity contribution in [3.63, 3.8) is 0 Å². The van der Waals surface area contributed by atoms with Crippen LogP contribution >= 0.6 is 11.6 Å². The van der Waals surface area contributed by atoms with Crippen LogP contribution in [0.4, 0.5) is 0 Å². The highest BCUT2D eigenvalue weighted by molar-refractivity contribution is 6.30. The number of benzene rings is 2. The van der Waals surface area contributed by atoms with Crippen LogP contribution in [0, 0.1) is 0 Å². The average molecular weight is 479 g/mol. The van der Waals surface area contributed by atoms with Crippen molar-refractivity contribution in [3.8, 4) is 0 Å². The van der Waals surface area contributed by atoms with E-state index in [2.05, 4.69) is 5.10 Å². The minimum atomic E-state index is -0.808. The van der Waals surface area contributed by atoms with E-state index in [9.17, 15) is 14.4 Å². The quantitative estimate of drug-likeness (QED) is 0.268. The van der Waals surface area contributed by atoms with Gasteiger partial charge in [-0.05, 0) is 52.0 Å². The number of hydrogen-bond acceptors (Lipinski definition) is 6. The first-order chi connectivity index (χ1) is 16.2. The minimum Gasteiger partial charge on any atom is -0.459 e. The first-order valence-electron chi connectivity index (χ1n) is 10.8. The van der Waals surface area contributed by atoms with Crippen molar-refractivity contribution in [1.29, 1.82) is 0 Å². The molecule has 7 nitrogen and oxygen atoms in total. The van der Waals surface area contributed by atoms with E-state index in [1.54, 1.807) is 70.3 Å². The summed E-state index contributed by atoms with van der Waals surface area (Å²) in [5, 5.41) is 6.27. The number of halogens is 1. The topological polar surface area (TPSA) is 87.0 Å². The Kier molecular flexibility index (Phi) is 6.39. The molecule has 0 atom stereocenters. The van der Waals surface area contributed by atoms with Gasteiger partial charge in [0.15, 0.2) is 0 Å². The molecule has 0 radical (unpaired) electrons. The molecule has 34 heavy (non-hydrogen) atoms. The number of carbonyl (C=O) groups is 3. The number of esters is 2. The van der Waals surface area contributed by atoms with Crippen LogP contribution in [0.25, 0.3) is 16.3 Å². The van der Waals surface area contributed by atoms with Gasteiger partial charge in [-0.1, -0.05) is 35.9 Å². The van der Waals surface area contributed by atoms with E-state index < -0.39 is 29.9 Å². The van der Waals surface area contributed by atoms with Crippen LogP contribution < -0.4 is 0 Å². The van der Waals surface area contributed by atoms with Crippen molar-refractivity contribution in [3.05, 3.63) is 82.1 Å². The van der Waals surface area contributed by atoms with Crippen LogP contribution in [-0.2, 0) is 9.47 Å². The summed E-state index contributed by atoms with van der Waals surface area (Å²) in [6, 6.07) is 13.5. The van der Waals surface area contributed by atoms with Crippen LogP contribution in [-0.4, -0.2) is 39.5 Å². The largest absolute Gasteiger partial charge is 0.459 e. The molecule has 0 fully saturated rings. The molecular formula is C26H23ClN2O5. The maximum atomic E-state index is 13.7. The third-order valence-corrected chi connectivity index (χ3v) is 5.34. The first kappa shape index (κ1) is 23.4. The van der Waals surface area contributed by atoms with Crippen molar-refractivity contribution in [1.82, 2.24) is 9.61 Å². The summed E-state index contributed by atoms with van der Waals surface area (Å²) in [4.78, 5) is 40.4. The van der Waals surface area contributed by atoms with Crippen molar-refractivity contribution in [2.75, 3.05) is 0 Å². The van der Waals surface area contributed by atoms with Gasteiger partial charge in [-0.2, -0.15) is 5.10 Å². The molecule has 0 aliphatic rings. The van der Waals surface area contributed by atoms with Crippen molar-refractivity contribution < 1.29 is 23.9 Å². The van der Waals surface area contributed by atoms with E-state index in [0.29, 0.717) is 15.9 Å². The van der Waals surface area contributed by atoms with E-state index in [0.717, 1.165) is 5.39 Å². The lowest BCUT2D eigenvalue weighted by atomic mass is 10.0. The molecule has 0 spiro atoms. The van der Waals surface area contributed by atoms with Crippen LogP contribution in [0.15, 0.2) is 54.7 Å². The first-order valence-corrected chi connectivity index (χ1v) is 11.2. The highest BCUT2D eigenvalue weighted by atomic mass is 35.5. The molecule has 2 aromatic heterocycles. The average Bonchev–Trinajstić information content (AvgIpc) is 3.14. The molecule has 0 saturated carbocycles. The van der Waals surface area contributed by atoms with Gasteiger partial charge in [0.05, 0.1) is 23.9 Å². The highest BCUT2D eigenvalue weighted by Gasteiger charge is 2.35. The molecule has 8 heteroatoms. The van der Waals surface area contributed by atoms with Gasteiger partial charge in [-0.3, -0.25) is 4.79 Å². The molecule has 0 aliphatic heterocycles. The molecule has 0 amide bonds. The molecule has 0 bridgehead atoms. The van der Waals surface area contributed by atoms with E-state index in [-0.39, 0.29) is 22.4 Å². The molecule has 2 aromatic carbocycles. The zero-order valence-electron chi connectivity index (χ0n) is 19.2. The van der Waals surface area contributed by atoms with Crippen LogP contribution in [0.3, 0.4) is 0 Å². The fraction of sp³-hybridized carbons (Fsp3) is 0.231. The predicted octanol–water partition coefficient (Wildman–Crippen LogP) is 5.50. The minimum absolute atomic E-state index is 0.0547. The van der Waals surface area contributed by atoms with E-state index in [1.165, 1.54) is 4.52 Å². The van der Waals surface area contributed by atoms with Gasteiger partial charge >= 0.3 is 11.9 Å². The predicted molar refractivity (Wildman–Crippen MR) is 129 cm³/mol. The summed E-state index contributed by atoms with van der Waals surface area (Å²) in [6.07, 6.45) is 0.651. The highest BCUT2D eigenvalue weighted by Crippen LogP contribution is 2.32. The van der Waals surface area contributed by atoms with E-state index in [1.807, 2.05) is 12.1 Å². The standard InChI is InChI=1S/C26H23ClN2O5/c1-14(2)33-25(31)20-21(26(32)34-15(3)4)23(24(30)16-9-11-18(27)12-10-16)29-22(20)19-8-6-5-7-17(19)13-28-29/h5-15H,1-4H3. The van der Waals surface area contributed by atoms with Gasteiger partial charge in [0.25, 0.3) is 0 Å². The second-order valence-corrected chi connectivity index (χ2v) is 8.77. The molecule has 0 saturated heterocycles. The smallest absolute Gasteiger partial charge is 0.341 e. The Bertz CT molecular complexity index is 1420. The molecule has 174 valence electrons. The number of fused-ring (bicyclic) bond motifs is 3. The van der Waals surface area contributed by atoms with Crippen LogP contribution in [0.1, 0.15) is 64.5 Å². The van der Waals surface area contributed by atoms with Crippen molar-refractivity contribution >= 4 is 45.6 Å². The maximum absolute atomic E-state index is 13.7. The Balaban J connectivity index is 2.13. The zero-order chi connectivity index (χ0) is 24.6. The summed E-state index contributed by atoms with van der Waals surface area (Å²) in [7, 11) is 0. The normalized spacial score (nSPS) is 11.4. The lowest BCUT2D eigenvalue weighted by Crippen LogP contribution is -2.20. The van der Waals surface area contributed by atoms with Crippen LogP contribution in [0.5, 0.6) is 0 Å². The third-order valence-electron chi connectivity index (χ3n) is 5.09. The Morgan fingerprint density at radius 3 is 2.06 bits per heavy atom. The summed E-state index contributed by atoms with van der Waals surface area (Å²) in [6.45, 7) is 6.79. The Hall–Kier alpha value is -3.71. The summed E-state index contributed by atoms with van der Waals surface area (Å²) >= 11 is 5.99. The fourth-order valence-electron chi connectivity index (χ4n) is 3.76. The van der Waals surface area contributed by atoms with Crippen molar-refractivity contribution in [2.24, 2.45) is 0 Å². The van der Waals surface area contributed by atoms with Crippen LogP contribution in [0.2, 0.25) is 5.02 Å². The number of rotatable bonds is 6. The number of ketones is 1. The Labute approximate surface area is 201 Å². The number of ether oxygens (including phenoxy) is 2. The molecule has 4 rings (SSSR count). The van der Waals surface area contributed by atoms with E-state index >= 15 is 0 Å². The Morgan fingerprint density at radius 1 is 0.853 bits per heavy atom. The molecule has 0 N–H and O–H groups in total. The number of aromatic nitrogens is 2.